The van der Waals surface area contributed by atoms with Crippen molar-refractivity contribution >= 4 is 28.3 Å². The van der Waals surface area contributed by atoms with Crippen LogP contribution in [-0.4, -0.2) is 43.6 Å². The van der Waals surface area contributed by atoms with Gasteiger partial charge in [0.05, 0.1) is 36.3 Å². The molecule has 4 heterocycles. The van der Waals surface area contributed by atoms with E-state index in [1.807, 2.05) is 37.3 Å². The van der Waals surface area contributed by atoms with Crippen molar-refractivity contribution in [1.29, 1.82) is 0 Å². The summed E-state index contributed by atoms with van der Waals surface area (Å²) in [6.45, 7) is 2.70. The van der Waals surface area contributed by atoms with E-state index < -0.39 is 0 Å². The minimum atomic E-state index is -0.303. The lowest BCUT2D eigenvalue weighted by atomic mass is 9.99. The molecule has 1 aromatic carbocycles. The summed E-state index contributed by atoms with van der Waals surface area (Å²) in [5.74, 6) is 0.235. The number of nitrogens with one attached hydrogen (secondary N) is 1. The van der Waals surface area contributed by atoms with Crippen molar-refractivity contribution in [3.8, 4) is 16.9 Å². The van der Waals surface area contributed by atoms with E-state index in [1.165, 1.54) is 11.3 Å². The van der Waals surface area contributed by atoms with Crippen LogP contribution in [0.2, 0.25) is 0 Å². The van der Waals surface area contributed by atoms with Crippen molar-refractivity contribution < 1.29 is 14.3 Å². The van der Waals surface area contributed by atoms with Crippen LogP contribution in [0.3, 0.4) is 0 Å². The highest BCUT2D eigenvalue weighted by atomic mass is 32.1. The fraction of sp³-hybridized carbons (Fsp3) is 0.208. The van der Waals surface area contributed by atoms with Crippen LogP contribution in [-0.2, 0) is 20.1 Å². The van der Waals surface area contributed by atoms with Crippen LogP contribution in [0.15, 0.2) is 48.8 Å². The molecule has 34 heavy (non-hydrogen) atoms. The van der Waals surface area contributed by atoms with Crippen molar-refractivity contribution in [3.63, 3.8) is 0 Å². The molecule has 0 bridgehead atoms. The average molecular weight is 475 g/mol. The van der Waals surface area contributed by atoms with E-state index in [9.17, 15) is 9.59 Å². The Bertz CT molecular complexity index is 1390. The first-order valence-corrected chi connectivity index (χ1v) is 11.4. The first-order valence-electron chi connectivity index (χ1n) is 10.6. The summed E-state index contributed by atoms with van der Waals surface area (Å²) in [5.41, 5.74) is 3.96. The third-order valence-electron chi connectivity index (χ3n) is 5.58. The van der Waals surface area contributed by atoms with Gasteiger partial charge in [0.15, 0.2) is 5.13 Å². The van der Waals surface area contributed by atoms with Gasteiger partial charge in [0.2, 0.25) is 0 Å². The predicted molar refractivity (Wildman–Crippen MR) is 128 cm³/mol. The molecule has 10 heteroatoms. The summed E-state index contributed by atoms with van der Waals surface area (Å²) >= 11 is 1.37. The molecule has 0 unspecified atom stereocenters. The second-order valence-electron chi connectivity index (χ2n) is 7.95. The Balaban J connectivity index is 1.35. The van der Waals surface area contributed by atoms with Gasteiger partial charge in [-0.1, -0.05) is 29.5 Å². The summed E-state index contributed by atoms with van der Waals surface area (Å²) in [5, 5.41) is 7.58. The van der Waals surface area contributed by atoms with Gasteiger partial charge in [-0.15, -0.1) is 0 Å². The van der Waals surface area contributed by atoms with E-state index in [0.717, 1.165) is 27.4 Å². The number of anilines is 1. The summed E-state index contributed by atoms with van der Waals surface area (Å²) in [4.78, 5) is 37.4. The topological polar surface area (TPSA) is 102 Å². The van der Waals surface area contributed by atoms with E-state index in [1.54, 1.807) is 42.2 Å². The number of pyridine rings is 1. The van der Waals surface area contributed by atoms with Crippen LogP contribution in [0.25, 0.3) is 11.1 Å². The molecule has 0 saturated heterocycles. The van der Waals surface area contributed by atoms with Gasteiger partial charge in [-0.25, -0.2) is 4.98 Å². The molecule has 172 valence electrons. The van der Waals surface area contributed by atoms with Gasteiger partial charge >= 0.3 is 0 Å². The Morgan fingerprint density at radius 2 is 1.97 bits per heavy atom. The average Bonchev–Trinajstić information content (AvgIpc) is 3.53. The number of carbonyl (C=O) groups excluding carboxylic acids is 2. The van der Waals surface area contributed by atoms with Crippen LogP contribution >= 0.6 is 11.3 Å². The van der Waals surface area contributed by atoms with E-state index >= 15 is 0 Å². The van der Waals surface area contributed by atoms with Crippen molar-refractivity contribution in [2.45, 2.75) is 20.0 Å². The first-order chi connectivity index (χ1) is 16.4. The SMILES string of the molecule is COc1ccccc1-c1cc(C)ncc1C(=O)Nc1nc2c(s1)CN(C(=O)c1ccn(C)n1)C2. The number of thiazole rings is 1. The van der Waals surface area contributed by atoms with Crippen LogP contribution in [0, 0.1) is 6.92 Å². The molecule has 2 amide bonds. The molecule has 5 rings (SSSR count). The first kappa shape index (κ1) is 21.8. The van der Waals surface area contributed by atoms with Crippen LogP contribution in [0.5, 0.6) is 5.75 Å². The van der Waals surface area contributed by atoms with Crippen molar-refractivity contribution in [2.24, 2.45) is 7.05 Å². The third-order valence-corrected chi connectivity index (χ3v) is 6.57. The monoisotopic (exact) mass is 474 g/mol. The highest BCUT2D eigenvalue weighted by Gasteiger charge is 2.29. The van der Waals surface area contributed by atoms with E-state index in [-0.39, 0.29) is 11.8 Å². The molecule has 0 atom stereocenters. The Morgan fingerprint density at radius 1 is 1.15 bits per heavy atom. The fourth-order valence-corrected chi connectivity index (χ4v) is 4.91. The van der Waals surface area contributed by atoms with Gasteiger partial charge in [0.25, 0.3) is 11.8 Å². The summed E-state index contributed by atoms with van der Waals surface area (Å²) < 4.78 is 7.10. The van der Waals surface area contributed by atoms with E-state index in [4.69, 9.17) is 4.74 Å². The Labute approximate surface area is 200 Å². The Morgan fingerprint density at radius 3 is 2.71 bits per heavy atom. The Kier molecular flexibility index (Phi) is 5.58. The predicted octanol–water partition coefficient (Wildman–Crippen LogP) is 3.66. The standard InChI is InChI=1S/C24H22N6O3S/c1-14-10-16(15-6-4-5-7-20(15)33-3)17(11-25-14)22(31)27-24-26-19-12-30(13-21(19)34-24)23(32)18-8-9-29(2)28-18/h4-11H,12-13H2,1-3H3,(H,26,27,31). The number of hydrogen-bond acceptors (Lipinski definition) is 7. The van der Waals surface area contributed by atoms with Crippen molar-refractivity contribution in [1.82, 2.24) is 24.6 Å². The molecule has 9 nitrogen and oxygen atoms in total. The summed E-state index contributed by atoms with van der Waals surface area (Å²) in [6, 6.07) is 11.1. The molecular weight excluding hydrogens is 452 g/mol. The number of fused-ring (bicyclic) bond motifs is 1. The number of rotatable bonds is 5. The van der Waals surface area contributed by atoms with Crippen molar-refractivity contribution in [2.75, 3.05) is 12.4 Å². The number of methoxy groups -OCH3 is 1. The number of hydrogen-bond donors (Lipinski definition) is 1. The van der Waals surface area contributed by atoms with Gasteiger partial charge in [0.1, 0.15) is 11.4 Å². The molecule has 0 aliphatic carbocycles. The zero-order chi connectivity index (χ0) is 23.8. The minimum Gasteiger partial charge on any atom is -0.496 e. The number of aromatic nitrogens is 4. The molecule has 0 radical (unpaired) electrons. The third kappa shape index (κ3) is 4.03. The van der Waals surface area contributed by atoms with Crippen molar-refractivity contribution in [3.05, 3.63) is 76.3 Å². The maximum absolute atomic E-state index is 13.2. The highest BCUT2D eigenvalue weighted by Crippen LogP contribution is 2.34. The van der Waals surface area contributed by atoms with E-state index in [0.29, 0.717) is 35.2 Å². The quantitative estimate of drug-likeness (QED) is 0.474. The zero-order valence-corrected chi connectivity index (χ0v) is 19.7. The van der Waals surface area contributed by atoms with Crippen LogP contribution in [0.1, 0.15) is 37.1 Å². The normalized spacial score (nSPS) is 12.5. The number of nitrogens with zero attached hydrogens (tertiary/aromatic N) is 5. The molecule has 0 spiro atoms. The fourth-order valence-electron chi connectivity index (χ4n) is 3.92. The van der Waals surface area contributed by atoms with Crippen LogP contribution < -0.4 is 10.1 Å². The van der Waals surface area contributed by atoms with E-state index in [2.05, 4.69) is 20.4 Å². The largest absolute Gasteiger partial charge is 0.496 e. The number of carbonyl (C=O) groups is 2. The molecule has 0 fully saturated rings. The Hall–Kier alpha value is -4.05. The number of amides is 2. The van der Waals surface area contributed by atoms with Gasteiger partial charge in [-0.05, 0) is 25.1 Å². The minimum absolute atomic E-state index is 0.136. The lowest BCUT2D eigenvalue weighted by Gasteiger charge is -2.14. The molecule has 3 aromatic heterocycles. The smallest absolute Gasteiger partial charge is 0.275 e. The molecule has 1 aliphatic rings. The lowest BCUT2D eigenvalue weighted by molar-refractivity contribution is 0.0744. The molecule has 4 aromatic rings. The number of benzene rings is 1. The highest BCUT2D eigenvalue weighted by molar-refractivity contribution is 7.16. The summed E-state index contributed by atoms with van der Waals surface area (Å²) in [7, 11) is 3.38. The van der Waals surface area contributed by atoms with Gasteiger partial charge in [0, 0.05) is 36.3 Å². The maximum Gasteiger partial charge on any atom is 0.275 e. The van der Waals surface area contributed by atoms with Gasteiger partial charge < -0.3 is 9.64 Å². The van der Waals surface area contributed by atoms with Gasteiger partial charge in [-0.2, -0.15) is 5.10 Å². The zero-order valence-electron chi connectivity index (χ0n) is 18.9. The maximum atomic E-state index is 13.2. The van der Waals surface area contributed by atoms with Crippen LogP contribution in [0.4, 0.5) is 5.13 Å². The molecule has 1 aliphatic heterocycles. The summed E-state index contributed by atoms with van der Waals surface area (Å²) in [6.07, 6.45) is 3.31. The number of ether oxygens (including phenoxy) is 1. The lowest BCUT2D eigenvalue weighted by Crippen LogP contribution is -2.26. The van der Waals surface area contributed by atoms with Gasteiger partial charge in [-0.3, -0.25) is 24.6 Å². The second kappa shape index (κ2) is 8.71. The second-order valence-corrected chi connectivity index (χ2v) is 9.03. The molecule has 1 N–H and O–H groups in total. The molecular formula is C24H22N6O3S. The number of para-hydroxylation sites is 1. The number of aryl methyl sites for hydroxylation is 2. The molecule has 0 saturated carbocycles.